The topological polar surface area (TPSA) is 43.7 Å². The number of ether oxygens (including phenoxy) is 2. The molecular formula is C25H30N2O3. The van der Waals surface area contributed by atoms with E-state index in [2.05, 4.69) is 33.7 Å². The van der Waals surface area contributed by atoms with Gasteiger partial charge in [0, 0.05) is 23.8 Å². The number of carbonyl (C=O) groups excluding carboxylic acids is 1. The molecule has 0 atom stereocenters. The largest absolute Gasteiger partial charge is 0.491 e. The normalized spacial score (nSPS) is 15.1. The molecule has 5 nitrogen and oxygen atoms in total. The van der Waals surface area contributed by atoms with Crippen LogP contribution >= 0.6 is 0 Å². The summed E-state index contributed by atoms with van der Waals surface area (Å²) in [6.07, 6.45) is 7.31. The molecule has 4 rings (SSSR count). The highest BCUT2D eigenvalue weighted by atomic mass is 16.5. The summed E-state index contributed by atoms with van der Waals surface area (Å²) in [5, 5.41) is 1.10. The molecule has 0 saturated carbocycles. The molecule has 1 saturated heterocycles. The van der Waals surface area contributed by atoms with Gasteiger partial charge in [0.25, 0.3) is 0 Å². The third-order valence-electron chi connectivity index (χ3n) is 5.85. The number of aromatic nitrogens is 1. The minimum atomic E-state index is -0.316. The van der Waals surface area contributed by atoms with Crippen LogP contribution in [0, 0.1) is 0 Å². The lowest BCUT2D eigenvalue weighted by Gasteiger charge is -2.21. The number of hydrogen-bond donors (Lipinski definition) is 0. The lowest BCUT2D eigenvalue weighted by Crippen LogP contribution is -2.24. The Balaban J connectivity index is 1.41. The number of benzene rings is 2. The zero-order valence-electron chi connectivity index (χ0n) is 17.7. The molecular weight excluding hydrogens is 376 g/mol. The van der Waals surface area contributed by atoms with Gasteiger partial charge in [-0.15, -0.1) is 0 Å². The first-order valence-corrected chi connectivity index (χ1v) is 10.8. The fraction of sp³-hybridized carbons (Fsp3) is 0.400. The van der Waals surface area contributed by atoms with E-state index in [0.29, 0.717) is 18.7 Å². The molecule has 1 aliphatic heterocycles. The Morgan fingerprint density at radius 2 is 1.80 bits per heavy atom. The lowest BCUT2D eigenvalue weighted by molar-refractivity contribution is 0.0601. The second kappa shape index (κ2) is 9.81. The Morgan fingerprint density at radius 1 is 1.00 bits per heavy atom. The molecule has 2 aromatic carbocycles. The number of carbonyl (C=O) groups is 1. The summed E-state index contributed by atoms with van der Waals surface area (Å²) in [6, 6.07) is 16.1. The van der Waals surface area contributed by atoms with E-state index in [1.807, 2.05) is 24.4 Å². The van der Waals surface area contributed by atoms with E-state index in [-0.39, 0.29) is 5.97 Å². The van der Waals surface area contributed by atoms with Gasteiger partial charge in [-0.3, -0.25) is 4.90 Å². The molecule has 0 bridgehead atoms. The number of fused-ring (bicyclic) bond motifs is 1. The maximum atomic E-state index is 11.9. The van der Waals surface area contributed by atoms with Gasteiger partial charge in [-0.1, -0.05) is 37.1 Å². The predicted octanol–water partition coefficient (Wildman–Crippen LogP) is 4.88. The molecule has 0 amide bonds. The van der Waals surface area contributed by atoms with Gasteiger partial charge in [0.15, 0.2) is 0 Å². The van der Waals surface area contributed by atoms with Crippen LogP contribution in [0.25, 0.3) is 10.9 Å². The van der Waals surface area contributed by atoms with E-state index >= 15 is 0 Å². The van der Waals surface area contributed by atoms with Gasteiger partial charge in [0.05, 0.1) is 19.2 Å². The first kappa shape index (κ1) is 20.5. The number of likely N-dealkylation sites (tertiary alicyclic amines) is 1. The molecule has 0 N–H and O–H groups in total. The maximum Gasteiger partial charge on any atom is 0.337 e. The van der Waals surface area contributed by atoms with Crippen LogP contribution in [0.1, 0.15) is 41.6 Å². The molecule has 3 aromatic rings. The summed E-state index contributed by atoms with van der Waals surface area (Å²) in [7, 11) is 1.41. The van der Waals surface area contributed by atoms with Crippen LogP contribution in [0.3, 0.4) is 0 Å². The minimum absolute atomic E-state index is 0.316. The number of methoxy groups -OCH3 is 1. The van der Waals surface area contributed by atoms with Gasteiger partial charge in [-0.2, -0.15) is 0 Å². The van der Waals surface area contributed by atoms with Crippen molar-refractivity contribution in [3.05, 3.63) is 65.9 Å². The van der Waals surface area contributed by atoms with Gasteiger partial charge in [-0.05, 0) is 55.6 Å². The smallest absolute Gasteiger partial charge is 0.337 e. The molecule has 5 heteroatoms. The van der Waals surface area contributed by atoms with Crippen molar-refractivity contribution in [1.29, 1.82) is 0 Å². The fourth-order valence-electron chi connectivity index (χ4n) is 4.19. The third-order valence-corrected chi connectivity index (χ3v) is 5.85. The van der Waals surface area contributed by atoms with Crippen molar-refractivity contribution in [2.45, 2.75) is 38.8 Å². The summed E-state index contributed by atoms with van der Waals surface area (Å²) in [5.74, 6) is 0.650. The molecule has 30 heavy (non-hydrogen) atoms. The molecule has 0 unspecified atom stereocenters. The van der Waals surface area contributed by atoms with Crippen molar-refractivity contribution < 1.29 is 14.3 Å². The summed E-state index contributed by atoms with van der Waals surface area (Å²) in [6.45, 7) is 4.58. The van der Waals surface area contributed by atoms with Gasteiger partial charge in [-0.25, -0.2) is 4.79 Å². The number of hydrogen-bond acceptors (Lipinski definition) is 4. The number of rotatable bonds is 7. The predicted molar refractivity (Wildman–Crippen MR) is 119 cm³/mol. The van der Waals surface area contributed by atoms with Crippen LogP contribution in [-0.2, 0) is 17.8 Å². The average molecular weight is 407 g/mol. The van der Waals surface area contributed by atoms with Crippen LogP contribution in [0.4, 0.5) is 0 Å². The molecule has 0 spiro atoms. The quantitative estimate of drug-likeness (QED) is 0.525. The van der Waals surface area contributed by atoms with Crippen LogP contribution in [0.15, 0.2) is 54.7 Å². The highest BCUT2D eigenvalue weighted by Crippen LogP contribution is 2.23. The lowest BCUT2D eigenvalue weighted by atomic mass is 10.1. The van der Waals surface area contributed by atoms with E-state index in [1.165, 1.54) is 51.4 Å². The van der Waals surface area contributed by atoms with Gasteiger partial charge in [0.2, 0.25) is 0 Å². The summed E-state index contributed by atoms with van der Waals surface area (Å²) >= 11 is 0. The van der Waals surface area contributed by atoms with Crippen molar-refractivity contribution in [2.75, 3.05) is 26.8 Å². The number of para-hydroxylation sites is 1. The van der Waals surface area contributed by atoms with Crippen molar-refractivity contribution >= 4 is 16.9 Å². The first-order valence-electron chi connectivity index (χ1n) is 10.8. The third kappa shape index (κ3) is 4.85. The molecule has 1 fully saturated rings. The molecule has 0 radical (unpaired) electrons. The highest BCUT2D eigenvalue weighted by molar-refractivity contribution is 5.94. The Labute approximate surface area is 178 Å². The average Bonchev–Trinajstić information content (AvgIpc) is 2.99. The van der Waals surface area contributed by atoms with E-state index in [0.717, 1.165) is 23.2 Å². The van der Waals surface area contributed by atoms with E-state index < -0.39 is 0 Å². The van der Waals surface area contributed by atoms with Crippen LogP contribution in [0.5, 0.6) is 5.75 Å². The second-order valence-electron chi connectivity index (χ2n) is 7.92. The minimum Gasteiger partial charge on any atom is -0.491 e. The van der Waals surface area contributed by atoms with Crippen LogP contribution in [0.2, 0.25) is 0 Å². The van der Waals surface area contributed by atoms with E-state index in [9.17, 15) is 4.79 Å². The van der Waals surface area contributed by atoms with Crippen molar-refractivity contribution in [1.82, 2.24) is 9.47 Å². The summed E-state index contributed by atoms with van der Waals surface area (Å²) < 4.78 is 13.2. The van der Waals surface area contributed by atoms with Crippen LogP contribution in [-0.4, -0.2) is 42.2 Å². The molecule has 0 aliphatic carbocycles. The molecule has 1 aromatic heterocycles. The highest BCUT2D eigenvalue weighted by Gasteiger charge is 2.13. The first-order chi connectivity index (χ1) is 14.7. The second-order valence-corrected chi connectivity index (χ2v) is 7.92. The Bertz CT molecular complexity index is 987. The van der Waals surface area contributed by atoms with Crippen molar-refractivity contribution in [2.24, 2.45) is 0 Å². The van der Waals surface area contributed by atoms with E-state index in [4.69, 9.17) is 9.47 Å². The summed E-state index contributed by atoms with van der Waals surface area (Å²) in [5.41, 5.74) is 2.83. The standard InChI is InChI=1S/C25H30N2O3/c1-29-25(28)21-11-10-20-12-15-27(23(20)18-21)16-17-30-24-9-5-4-8-22(24)19-26-13-6-2-3-7-14-26/h4-5,8-12,15,18H,2-3,6-7,13-14,16-17,19H2,1H3. The van der Waals surface area contributed by atoms with Crippen LogP contribution < -0.4 is 4.74 Å². The monoisotopic (exact) mass is 406 g/mol. The van der Waals surface area contributed by atoms with Crippen molar-refractivity contribution in [3.63, 3.8) is 0 Å². The zero-order chi connectivity index (χ0) is 20.8. The van der Waals surface area contributed by atoms with Gasteiger partial charge < -0.3 is 14.0 Å². The Morgan fingerprint density at radius 3 is 2.60 bits per heavy atom. The fourth-order valence-corrected chi connectivity index (χ4v) is 4.19. The van der Waals surface area contributed by atoms with Gasteiger partial charge in [0.1, 0.15) is 12.4 Å². The van der Waals surface area contributed by atoms with Crippen molar-refractivity contribution in [3.8, 4) is 5.75 Å². The maximum absolute atomic E-state index is 11.9. The zero-order valence-corrected chi connectivity index (χ0v) is 17.7. The summed E-state index contributed by atoms with van der Waals surface area (Å²) in [4.78, 5) is 14.4. The Hall–Kier alpha value is -2.79. The molecule has 2 heterocycles. The Kier molecular flexibility index (Phi) is 6.70. The number of nitrogens with zero attached hydrogens (tertiary/aromatic N) is 2. The number of esters is 1. The van der Waals surface area contributed by atoms with Gasteiger partial charge >= 0.3 is 5.97 Å². The molecule has 158 valence electrons. The van der Waals surface area contributed by atoms with E-state index in [1.54, 1.807) is 6.07 Å². The SMILES string of the molecule is COC(=O)c1ccc2ccn(CCOc3ccccc3CN3CCCCCC3)c2c1. The molecule has 1 aliphatic rings.